The van der Waals surface area contributed by atoms with Gasteiger partial charge >= 0.3 is 0 Å². The smallest absolute Gasteiger partial charge is 0.294 e. The van der Waals surface area contributed by atoms with E-state index in [0.29, 0.717) is 40.9 Å². The highest BCUT2D eigenvalue weighted by atomic mass is 16.2. The molecule has 0 aliphatic heterocycles. The van der Waals surface area contributed by atoms with E-state index in [2.05, 4.69) is 15.6 Å². The first kappa shape index (κ1) is 23.2. The minimum Gasteiger partial charge on any atom is -0.399 e. The zero-order valence-corrected chi connectivity index (χ0v) is 18.1. The van der Waals surface area contributed by atoms with E-state index in [4.69, 9.17) is 16.9 Å². The van der Waals surface area contributed by atoms with Gasteiger partial charge in [0.2, 0.25) is 5.91 Å². The van der Waals surface area contributed by atoms with E-state index in [0.717, 1.165) is 5.56 Å². The first-order chi connectivity index (χ1) is 15.8. The van der Waals surface area contributed by atoms with Gasteiger partial charge in [-0.05, 0) is 30.7 Å². The number of nitrogens with one attached hydrogen (secondary N) is 3. The highest BCUT2D eigenvalue weighted by Gasteiger charge is 2.16. The molecule has 2 aromatic carbocycles. The van der Waals surface area contributed by atoms with Crippen LogP contribution >= 0.6 is 0 Å². The molecule has 3 aromatic rings. The summed E-state index contributed by atoms with van der Waals surface area (Å²) in [6, 6.07) is 11.6. The van der Waals surface area contributed by atoms with Crippen molar-refractivity contribution >= 4 is 29.5 Å². The largest absolute Gasteiger partial charge is 0.399 e. The third-order valence-electron chi connectivity index (χ3n) is 4.86. The fourth-order valence-corrected chi connectivity index (χ4v) is 3.26. The number of aromatic nitrogens is 2. The van der Waals surface area contributed by atoms with Crippen LogP contribution < -0.4 is 27.7 Å². The first-order valence-electron chi connectivity index (χ1n) is 10.2. The Morgan fingerprint density at radius 3 is 2.58 bits per heavy atom. The van der Waals surface area contributed by atoms with Crippen molar-refractivity contribution in [1.29, 1.82) is 5.41 Å². The predicted octanol–water partition coefficient (Wildman–Crippen LogP) is 1.34. The van der Waals surface area contributed by atoms with Crippen molar-refractivity contribution in [1.82, 2.24) is 14.9 Å². The number of carbonyl (C=O) groups is 2. The van der Waals surface area contributed by atoms with Crippen molar-refractivity contribution in [3.05, 3.63) is 75.7 Å². The molecule has 33 heavy (non-hydrogen) atoms. The Bertz CT molecular complexity index is 1250. The van der Waals surface area contributed by atoms with E-state index in [-0.39, 0.29) is 30.7 Å². The molecule has 0 saturated heterocycles. The van der Waals surface area contributed by atoms with Gasteiger partial charge in [-0.15, -0.1) is 0 Å². The molecule has 7 N–H and O–H groups in total. The van der Waals surface area contributed by atoms with Crippen LogP contribution in [0.5, 0.6) is 0 Å². The quantitative estimate of drug-likeness (QED) is 0.143. The minimum atomic E-state index is -0.467. The summed E-state index contributed by atoms with van der Waals surface area (Å²) in [4.78, 5) is 41.2. The van der Waals surface area contributed by atoms with Gasteiger partial charge in [0.25, 0.3) is 5.56 Å². The summed E-state index contributed by atoms with van der Waals surface area (Å²) in [5, 5.41) is 13.1. The second kappa shape index (κ2) is 10.2. The number of carbonyl (C=O) groups excluding carboxylic acids is 2. The number of aldehydes is 1. The van der Waals surface area contributed by atoms with Gasteiger partial charge in [0.15, 0.2) is 5.82 Å². The van der Waals surface area contributed by atoms with Crippen molar-refractivity contribution in [2.45, 2.75) is 20.0 Å². The van der Waals surface area contributed by atoms with E-state index in [9.17, 15) is 14.4 Å². The molecule has 0 aliphatic carbocycles. The number of nitrogen functional groups attached to an aromatic ring is 2. The van der Waals surface area contributed by atoms with Crippen LogP contribution in [-0.4, -0.2) is 34.1 Å². The van der Waals surface area contributed by atoms with E-state index < -0.39 is 5.56 Å². The maximum Gasteiger partial charge on any atom is 0.294 e. The maximum absolute atomic E-state index is 13.0. The van der Waals surface area contributed by atoms with Gasteiger partial charge in [0.05, 0.1) is 11.9 Å². The Morgan fingerprint density at radius 1 is 1.21 bits per heavy atom. The number of hydrogen-bond donors (Lipinski definition) is 5. The summed E-state index contributed by atoms with van der Waals surface area (Å²) in [6.07, 6.45) is 2.13. The molecule has 3 rings (SSSR count). The molecule has 0 bridgehead atoms. The molecule has 10 nitrogen and oxygen atoms in total. The zero-order chi connectivity index (χ0) is 24.0. The number of amides is 1. The molecule has 0 unspecified atom stereocenters. The average Bonchev–Trinajstić information content (AvgIpc) is 2.80. The van der Waals surface area contributed by atoms with E-state index in [1.807, 2.05) is 6.92 Å². The Labute approximate surface area is 190 Å². The molecule has 1 amide bonds. The van der Waals surface area contributed by atoms with Gasteiger partial charge in [-0.2, -0.15) is 0 Å². The molecule has 0 saturated carbocycles. The maximum atomic E-state index is 13.0. The predicted molar refractivity (Wildman–Crippen MR) is 127 cm³/mol. The van der Waals surface area contributed by atoms with Gasteiger partial charge in [0.1, 0.15) is 18.7 Å². The SMILES string of the molecule is CCNc1ncc(-c2cc(N)cc(C=O)c2)n(CC(=O)NCc2ccc(C(=N)N)cc2)c1=O. The lowest BCUT2D eigenvalue weighted by Gasteiger charge is -2.15. The van der Waals surface area contributed by atoms with Gasteiger partial charge in [-0.1, -0.05) is 24.3 Å². The fourth-order valence-electron chi connectivity index (χ4n) is 3.26. The lowest BCUT2D eigenvalue weighted by Crippen LogP contribution is -2.34. The Hall–Kier alpha value is -4.47. The second-order valence-electron chi connectivity index (χ2n) is 7.31. The summed E-state index contributed by atoms with van der Waals surface area (Å²) in [6.45, 7) is 2.29. The van der Waals surface area contributed by atoms with Crippen molar-refractivity contribution in [2.24, 2.45) is 5.73 Å². The normalized spacial score (nSPS) is 10.5. The molecular weight excluding hydrogens is 422 g/mol. The van der Waals surface area contributed by atoms with Gasteiger partial charge in [0, 0.05) is 35.5 Å². The summed E-state index contributed by atoms with van der Waals surface area (Å²) < 4.78 is 1.29. The number of hydrogen-bond acceptors (Lipinski definition) is 7. The lowest BCUT2D eigenvalue weighted by atomic mass is 10.1. The molecule has 0 fully saturated rings. The molecule has 1 heterocycles. The third-order valence-corrected chi connectivity index (χ3v) is 4.86. The van der Waals surface area contributed by atoms with Crippen LogP contribution in [0.3, 0.4) is 0 Å². The fraction of sp³-hybridized carbons (Fsp3) is 0.174. The lowest BCUT2D eigenvalue weighted by molar-refractivity contribution is -0.121. The standard InChI is InChI=1S/C23H25N7O3/c1-2-27-22-23(33)30(19(11-29-22)17-7-15(13-31)8-18(24)9-17)12-20(32)28-10-14-3-5-16(6-4-14)21(25)26/h3-9,11,13H,2,10,12,24H2,1H3,(H3,25,26)(H,27,29)(H,28,32). The third kappa shape index (κ3) is 5.62. The van der Waals surface area contributed by atoms with Crippen LogP contribution in [0.4, 0.5) is 11.5 Å². The number of rotatable bonds is 9. The number of anilines is 2. The van der Waals surface area contributed by atoms with Crippen LogP contribution in [0.15, 0.2) is 53.5 Å². The van der Waals surface area contributed by atoms with Crippen molar-refractivity contribution in [3.63, 3.8) is 0 Å². The zero-order valence-electron chi connectivity index (χ0n) is 18.1. The van der Waals surface area contributed by atoms with Gasteiger partial charge < -0.3 is 22.1 Å². The van der Waals surface area contributed by atoms with Gasteiger partial charge in [-0.3, -0.25) is 24.4 Å². The number of nitrogens with zero attached hydrogens (tertiary/aromatic N) is 2. The topological polar surface area (TPSA) is 169 Å². The summed E-state index contributed by atoms with van der Waals surface area (Å²) >= 11 is 0. The average molecular weight is 447 g/mol. The van der Waals surface area contributed by atoms with E-state index in [1.165, 1.54) is 16.8 Å². The Morgan fingerprint density at radius 2 is 1.94 bits per heavy atom. The molecule has 0 spiro atoms. The Kier molecular flexibility index (Phi) is 7.19. The van der Waals surface area contributed by atoms with Crippen LogP contribution in [0.1, 0.15) is 28.4 Å². The summed E-state index contributed by atoms with van der Waals surface area (Å²) in [5.41, 5.74) is 13.8. The molecule has 1 aromatic heterocycles. The molecule has 0 aliphatic rings. The molecule has 170 valence electrons. The van der Waals surface area contributed by atoms with Gasteiger partial charge in [-0.25, -0.2) is 4.98 Å². The molecule has 0 atom stereocenters. The number of nitrogens with two attached hydrogens (primary N) is 2. The highest BCUT2D eigenvalue weighted by Crippen LogP contribution is 2.22. The monoisotopic (exact) mass is 447 g/mol. The molecule has 0 radical (unpaired) electrons. The number of benzene rings is 2. The second-order valence-corrected chi connectivity index (χ2v) is 7.31. The van der Waals surface area contributed by atoms with Crippen LogP contribution in [-0.2, 0) is 17.9 Å². The molecular formula is C23H25N7O3. The van der Waals surface area contributed by atoms with E-state index >= 15 is 0 Å². The number of amidine groups is 1. The summed E-state index contributed by atoms with van der Waals surface area (Å²) in [7, 11) is 0. The van der Waals surface area contributed by atoms with E-state index in [1.54, 1.807) is 36.4 Å². The molecule has 10 heteroatoms. The first-order valence-corrected chi connectivity index (χ1v) is 10.2. The Balaban J connectivity index is 1.88. The highest BCUT2D eigenvalue weighted by molar-refractivity contribution is 5.94. The van der Waals surface area contributed by atoms with Crippen molar-refractivity contribution in [2.75, 3.05) is 17.6 Å². The minimum absolute atomic E-state index is 0.0362. The van der Waals surface area contributed by atoms with Crippen molar-refractivity contribution in [3.8, 4) is 11.3 Å². The van der Waals surface area contributed by atoms with Crippen LogP contribution in [0.25, 0.3) is 11.3 Å². The summed E-state index contributed by atoms with van der Waals surface area (Å²) in [5.74, 6) is -0.304. The van der Waals surface area contributed by atoms with Crippen molar-refractivity contribution < 1.29 is 9.59 Å². The van der Waals surface area contributed by atoms with Crippen LogP contribution in [0, 0.1) is 5.41 Å². The van der Waals surface area contributed by atoms with Crippen LogP contribution in [0.2, 0.25) is 0 Å².